The van der Waals surface area contributed by atoms with E-state index in [0.29, 0.717) is 0 Å². The van der Waals surface area contributed by atoms with Gasteiger partial charge in [0.2, 0.25) is 10.0 Å². The second kappa shape index (κ2) is 8.44. The second-order valence-corrected chi connectivity index (χ2v) is 8.67. The van der Waals surface area contributed by atoms with Crippen LogP contribution in [0.3, 0.4) is 0 Å². The Balaban J connectivity index is 1.84. The molecule has 172 valence electrons. The van der Waals surface area contributed by atoms with Gasteiger partial charge in [0, 0.05) is 5.56 Å². The van der Waals surface area contributed by atoms with Gasteiger partial charge < -0.3 is 9.84 Å². The highest BCUT2D eigenvalue weighted by Crippen LogP contribution is 2.26. The van der Waals surface area contributed by atoms with E-state index in [1.54, 1.807) is 0 Å². The number of nitrogens with two attached hydrogens (primary N) is 1. The Bertz CT molecular complexity index is 1230. The van der Waals surface area contributed by atoms with Gasteiger partial charge in [-0.15, -0.1) is 18.3 Å². The summed E-state index contributed by atoms with van der Waals surface area (Å²) in [5.41, 5.74) is -1.83. The van der Waals surface area contributed by atoms with Crippen molar-refractivity contribution in [3.8, 4) is 17.3 Å². The first kappa shape index (κ1) is 23.6. The fourth-order valence-corrected chi connectivity index (χ4v) is 3.79. The first-order valence-electron chi connectivity index (χ1n) is 8.86. The molecule has 0 fully saturated rings. The summed E-state index contributed by atoms with van der Waals surface area (Å²) in [6.07, 6.45) is -3.71. The molecule has 32 heavy (non-hydrogen) atoms. The van der Waals surface area contributed by atoms with Crippen molar-refractivity contribution in [3.05, 3.63) is 59.8 Å². The Labute approximate surface area is 179 Å². The van der Waals surface area contributed by atoms with Crippen LogP contribution in [0.2, 0.25) is 0 Å². The lowest BCUT2D eigenvalue weighted by molar-refractivity contribution is -0.274. The molecular weight excluding hydrogens is 458 g/mol. The monoisotopic (exact) mass is 475 g/mol. The molecule has 2 aromatic heterocycles. The summed E-state index contributed by atoms with van der Waals surface area (Å²) in [4.78, 5) is 8.19. The van der Waals surface area contributed by atoms with E-state index in [4.69, 9.17) is 5.14 Å². The molecule has 3 aromatic rings. The van der Waals surface area contributed by atoms with Gasteiger partial charge in [0.1, 0.15) is 29.2 Å². The number of pyridine rings is 1. The zero-order valence-corrected chi connectivity index (χ0v) is 17.2. The minimum absolute atomic E-state index is 0.00317. The summed E-state index contributed by atoms with van der Waals surface area (Å²) >= 11 is 0. The third-order valence-corrected chi connectivity index (χ3v) is 5.10. The number of alkyl halides is 3. The van der Waals surface area contributed by atoms with E-state index in [9.17, 15) is 31.1 Å². The third-order valence-electron chi connectivity index (χ3n) is 4.13. The summed E-state index contributed by atoms with van der Waals surface area (Å²) in [5.74, 6) is -2.06. The highest BCUT2D eigenvalue weighted by atomic mass is 32.2. The molecule has 0 saturated carbocycles. The third kappa shape index (κ3) is 6.21. The van der Waals surface area contributed by atoms with Gasteiger partial charge >= 0.3 is 6.36 Å². The molecule has 1 unspecified atom stereocenters. The zero-order valence-electron chi connectivity index (χ0n) is 16.4. The van der Waals surface area contributed by atoms with E-state index in [2.05, 4.69) is 19.8 Å². The number of ether oxygens (including phenoxy) is 1. The van der Waals surface area contributed by atoms with Crippen LogP contribution in [0.4, 0.5) is 17.6 Å². The Hall–Kier alpha value is -3.10. The number of rotatable bonds is 7. The van der Waals surface area contributed by atoms with Crippen molar-refractivity contribution in [2.24, 2.45) is 5.14 Å². The van der Waals surface area contributed by atoms with Crippen molar-refractivity contribution in [1.82, 2.24) is 19.7 Å². The number of aromatic nitrogens is 4. The van der Waals surface area contributed by atoms with E-state index in [-0.39, 0.29) is 29.3 Å². The zero-order chi connectivity index (χ0) is 23.7. The number of hydrogen-bond donors (Lipinski definition) is 2. The summed E-state index contributed by atoms with van der Waals surface area (Å²) < 4.78 is 78.9. The predicted octanol–water partition coefficient (Wildman–Crippen LogP) is 1.92. The molecule has 14 heteroatoms. The van der Waals surface area contributed by atoms with Gasteiger partial charge in [0.05, 0.1) is 18.0 Å². The quantitative estimate of drug-likeness (QED) is 0.499. The molecule has 0 bridgehead atoms. The van der Waals surface area contributed by atoms with Crippen LogP contribution in [0.5, 0.6) is 5.75 Å². The Morgan fingerprint density at radius 2 is 1.94 bits per heavy atom. The number of primary sulfonamides is 1. The molecular formula is C18H17F4N5O4S. The van der Waals surface area contributed by atoms with Gasteiger partial charge in [-0.25, -0.2) is 32.6 Å². The molecule has 0 aliphatic heterocycles. The average Bonchev–Trinajstić information content (AvgIpc) is 3.10. The van der Waals surface area contributed by atoms with Crippen LogP contribution in [-0.4, -0.2) is 45.4 Å². The first-order chi connectivity index (χ1) is 14.7. The van der Waals surface area contributed by atoms with Crippen molar-refractivity contribution < 1.29 is 35.8 Å². The molecule has 0 spiro atoms. The fraction of sp³-hybridized carbons (Fsp3) is 0.278. The lowest BCUT2D eigenvalue weighted by Gasteiger charge is -2.21. The smallest absolute Gasteiger partial charge is 0.406 e. The minimum Gasteiger partial charge on any atom is -0.406 e. The SMILES string of the molecule is CC(O)(CS(N)(=O)=O)c1cccc(-c2ncn(Cc3cc(OC(F)(F)F)ccc3F)n2)n1. The van der Waals surface area contributed by atoms with Crippen LogP contribution in [0.1, 0.15) is 18.2 Å². The van der Waals surface area contributed by atoms with Crippen LogP contribution in [-0.2, 0) is 22.2 Å². The van der Waals surface area contributed by atoms with Gasteiger partial charge in [-0.3, -0.25) is 0 Å². The maximum atomic E-state index is 14.0. The Kier molecular flexibility index (Phi) is 6.22. The van der Waals surface area contributed by atoms with Crippen molar-refractivity contribution in [3.63, 3.8) is 0 Å². The minimum atomic E-state index is -4.92. The van der Waals surface area contributed by atoms with E-state index in [1.807, 2.05) is 0 Å². The molecule has 3 rings (SSSR count). The summed E-state index contributed by atoms with van der Waals surface area (Å²) in [5, 5.41) is 19.5. The maximum absolute atomic E-state index is 14.0. The number of sulfonamides is 1. The van der Waals surface area contributed by atoms with Crippen molar-refractivity contribution in [2.75, 3.05) is 5.75 Å². The fourth-order valence-electron chi connectivity index (χ4n) is 2.86. The highest BCUT2D eigenvalue weighted by Gasteiger charge is 2.32. The standard InChI is InChI=1S/C18H17F4N5O4S/c1-17(28,9-32(23,29)30)15-4-2-3-14(25-15)16-24-10-27(26-16)8-11-7-12(5-6-13(11)19)31-18(20,21)22/h2-7,10,28H,8-9H2,1H3,(H2,23,29,30). The van der Waals surface area contributed by atoms with Gasteiger partial charge in [-0.05, 0) is 37.3 Å². The van der Waals surface area contributed by atoms with E-state index >= 15 is 0 Å². The Morgan fingerprint density at radius 1 is 1.22 bits per heavy atom. The molecule has 9 nitrogen and oxygen atoms in total. The highest BCUT2D eigenvalue weighted by molar-refractivity contribution is 7.89. The van der Waals surface area contributed by atoms with E-state index < -0.39 is 39.3 Å². The number of benzene rings is 1. The summed E-state index contributed by atoms with van der Waals surface area (Å²) in [7, 11) is -4.00. The van der Waals surface area contributed by atoms with Crippen molar-refractivity contribution in [2.45, 2.75) is 25.4 Å². The first-order valence-corrected chi connectivity index (χ1v) is 10.6. The van der Waals surface area contributed by atoms with Crippen LogP contribution in [0.15, 0.2) is 42.7 Å². The molecule has 2 heterocycles. The molecule has 0 radical (unpaired) electrons. The summed E-state index contributed by atoms with van der Waals surface area (Å²) in [6, 6.07) is 6.97. The lowest BCUT2D eigenvalue weighted by Crippen LogP contribution is -2.35. The maximum Gasteiger partial charge on any atom is 0.573 e. The predicted molar refractivity (Wildman–Crippen MR) is 103 cm³/mol. The van der Waals surface area contributed by atoms with Crippen molar-refractivity contribution >= 4 is 10.0 Å². The lowest BCUT2D eigenvalue weighted by atomic mass is 10.0. The van der Waals surface area contributed by atoms with Crippen LogP contribution in [0.25, 0.3) is 11.5 Å². The van der Waals surface area contributed by atoms with Gasteiger partial charge in [-0.1, -0.05) is 6.07 Å². The number of aliphatic hydroxyl groups is 1. The molecule has 1 atom stereocenters. The molecule has 1 aromatic carbocycles. The Morgan fingerprint density at radius 3 is 2.59 bits per heavy atom. The second-order valence-electron chi connectivity index (χ2n) is 7.06. The summed E-state index contributed by atoms with van der Waals surface area (Å²) in [6.45, 7) is 0.977. The van der Waals surface area contributed by atoms with E-state index in [1.165, 1.54) is 36.1 Å². The van der Waals surface area contributed by atoms with Crippen LogP contribution >= 0.6 is 0 Å². The van der Waals surface area contributed by atoms with Crippen molar-refractivity contribution in [1.29, 1.82) is 0 Å². The van der Waals surface area contributed by atoms with E-state index in [0.717, 1.165) is 18.2 Å². The molecule has 3 N–H and O–H groups in total. The van der Waals surface area contributed by atoms with Crippen LogP contribution in [0, 0.1) is 5.82 Å². The number of hydrogen-bond acceptors (Lipinski definition) is 7. The molecule has 0 aliphatic carbocycles. The average molecular weight is 475 g/mol. The van der Waals surface area contributed by atoms with Gasteiger partial charge in [0.15, 0.2) is 5.82 Å². The van der Waals surface area contributed by atoms with Gasteiger partial charge in [-0.2, -0.15) is 0 Å². The number of nitrogens with zero attached hydrogens (tertiary/aromatic N) is 4. The molecule has 0 aliphatic rings. The number of halogens is 4. The van der Waals surface area contributed by atoms with Gasteiger partial charge in [0.25, 0.3) is 0 Å². The van der Waals surface area contributed by atoms with Crippen LogP contribution < -0.4 is 9.88 Å². The molecule has 0 amide bonds. The normalized spacial score (nSPS) is 14.2. The topological polar surface area (TPSA) is 133 Å². The largest absolute Gasteiger partial charge is 0.573 e. The molecule has 0 saturated heterocycles.